The standard InChI is InChI=1S/C11H24N2O/c1-3-14-11-5-8-13(9-6-11)7-4-10(2)12/h10-11H,3-9,12H2,1-2H3. The molecule has 0 aromatic rings. The first-order valence-electron chi connectivity index (χ1n) is 5.82. The lowest BCUT2D eigenvalue weighted by molar-refractivity contribution is 0.0139. The van der Waals surface area contributed by atoms with Gasteiger partial charge < -0.3 is 15.4 Å². The molecule has 1 aliphatic rings. The summed E-state index contributed by atoms with van der Waals surface area (Å²) in [4.78, 5) is 2.50. The molecule has 1 aliphatic heterocycles. The zero-order valence-electron chi connectivity index (χ0n) is 9.54. The molecule has 0 bridgehead atoms. The third-order valence-electron chi connectivity index (χ3n) is 2.84. The summed E-state index contributed by atoms with van der Waals surface area (Å²) in [5, 5.41) is 0. The summed E-state index contributed by atoms with van der Waals surface area (Å²) in [5.41, 5.74) is 5.73. The third kappa shape index (κ3) is 4.40. The number of likely N-dealkylation sites (tertiary alicyclic amines) is 1. The van der Waals surface area contributed by atoms with Crippen LogP contribution >= 0.6 is 0 Å². The van der Waals surface area contributed by atoms with Gasteiger partial charge in [-0.2, -0.15) is 0 Å². The highest BCUT2D eigenvalue weighted by molar-refractivity contribution is 4.73. The van der Waals surface area contributed by atoms with Crippen LogP contribution in [0.5, 0.6) is 0 Å². The normalized spacial score (nSPS) is 22.5. The second-order valence-electron chi connectivity index (χ2n) is 4.26. The smallest absolute Gasteiger partial charge is 0.0599 e. The number of ether oxygens (including phenoxy) is 1. The Hall–Kier alpha value is -0.120. The zero-order chi connectivity index (χ0) is 10.4. The Balaban J connectivity index is 2.09. The fourth-order valence-corrected chi connectivity index (χ4v) is 1.92. The highest BCUT2D eigenvalue weighted by Gasteiger charge is 2.18. The lowest BCUT2D eigenvalue weighted by Crippen LogP contribution is -2.38. The second kappa shape index (κ2) is 6.38. The molecule has 0 saturated carbocycles. The average Bonchev–Trinajstić information content (AvgIpc) is 2.17. The number of nitrogens with two attached hydrogens (primary N) is 1. The minimum absolute atomic E-state index is 0.333. The Morgan fingerprint density at radius 3 is 2.57 bits per heavy atom. The summed E-state index contributed by atoms with van der Waals surface area (Å²) in [6.45, 7) is 8.51. The van der Waals surface area contributed by atoms with Crippen molar-refractivity contribution in [2.45, 2.75) is 45.3 Å². The molecule has 1 unspecified atom stereocenters. The molecular formula is C11H24N2O. The van der Waals surface area contributed by atoms with Crippen LogP contribution in [0.4, 0.5) is 0 Å². The van der Waals surface area contributed by atoms with Gasteiger partial charge in [0.15, 0.2) is 0 Å². The predicted octanol–water partition coefficient (Wildman–Crippen LogP) is 1.22. The molecule has 84 valence electrons. The summed E-state index contributed by atoms with van der Waals surface area (Å²) in [6, 6.07) is 0.333. The molecule has 1 fully saturated rings. The molecule has 0 amide bonds. The monoisotopic (exact) mass is 200 g/mol. The van der Waals surface area contributed by atoms with Crippen molar-refractivity contribution in [3.63, 3.8) is 0 Å². The van der Waals surface area contributed by atoms with Crippen LogP contribution in [0.25, 0.3) is 0 Å². The molecule has 1 atom stereocenters. The van der Waals surface area contributed by atoms with E-state index in [4.69, 9.17) is 10.5 Å². The van der Waals surface area contributed by atoms with Crippen LogP contribution in [0.15, 0.2) is 0 Å². The van der Waals surface area contributed by atoms with Crippen LogP contribution < -0.4 is 5.73 Å². The number of rotatable bonds is 5. The van der Waals surface area contributed by atoms with E-state index in [1.807, 2.05) is 0 Å². The van der Waals surface area contributed by atoms with E-state index in [9.17, 15) is 0 Å². The lowest BCUT2D eigenvalue weighted by atomic mass is 10.1. The minimum Gasteiger partial charge on any atom is -0.378 e. The van der Waals surface area contributed by atoms with Gasteiger partial charge in [-0.1, -0.05) is 0 Å². The van der Waals surface area contributed by atoms with Gasteiger partial charge >= 0.3 is 0 Å². The summed E-state index contributed by atoms with van der Waals surface area (Å²) >= 11 is 0. The molecule has 0 spiro atoms. The lowest BCUT2D eigenvalue weighted by Gasteiger charge is -2.31. The van der Waals surface area contributed by atoms with E-state index in [0.29, 0.717) is 12.1 Å². The van der Waals surface area contributed by atoms with Gasteiger partial charge in [-0.25, -0.2) is 0 Å². The van der Waals surface area contributed by atoms with Crippen LogP contribution in [-0.4, -0.2) is 43.3 Å². The van der Waals surface area contributed by atoms with E-state index in [0.717, 1.165) is 19.6 Å². The van der Waals surface area contributed by atoms with Gasteiger partial charge in [-0.15, -0.1) is 0 Å². The highest BCUT2D eigenvalue weighted by atomic mass is 16.5. The fourth-order valence-electron chi connectivity index (χ4n) is 1.92. The maximum Gasteiger partial charge on any atom is 0.0599 e. The number of nitrogens with zero attached hydrogens (tertiary/aromatic N) is 1. The van der Waals surface area contributed by atoms with Crippen LogP contribution in [0.2, 0.25) is 0 Å². The number of hydrogen-bond donors (Lipinski definition) is 1. The number of piperidine rings is 1. The molecule has 1 saturated heterocycles. The van der Waals surface area contributed by atoms with Gasteiger partial charge in [-0.05, 0) is 39.7 Å². The van der Waals surface area contributed by atoms with Crippen molar-refractivity contribution in [1.29, 1.82) is 0 Å². The summed E-state index contributed by atoms with van der Waals surface area (Å²) in [5.74, 6) is 0. The molecule has 0 aliphatic carbocycles. The van der Waals surface area contributed by atoms with E-state index in [1.165, 1.54) is 25.9 Å². The molecular weight excluding hydrogens is 176 g/mol. The molecule has 3 heteroatoms. The number of hydrogen-bond acceptors (Lipinski definition) is 3. The predicted molar refractivity (Wildman–Crippen MR) is 59.4 cm³/mol. The summed E-state index contributed by atoms with van der Waals surface area (Å²) < 4.78 is 5.61. The Labute approximate surface area is 87.6 Å². The van der Waals surface area contributed by atoms with Gasteiger partial charge in [0.05, 0.1) is 6.10 Å². The molecule has 2 N–H and O–H groups in total. The van der Waals surface area contributed by atoms with Gasteiger partial charge in [0, 0.05) is 25.7 Å². The van der Waals surface area contributed by atoms with Crippen molar-refractivity contribution in [3.05, 3.63) is 0 Å². The van der Waals surface area contributed by atoms with Crippen molar-refractivity contribution in [1.82, 2.24) is 4.90 Å². The first kappa shape index (κ1) is 12.0. The van der Waals surface area contributed by atoms with Crippen LogP contribution in [0.1, 0.15) is 33.1 Å². The van der Waals surface area contributed by atoms with Crippen molar-refractivity contribution in [2.24, 2.45) is 5.73 Å². The SMILES string of the molecule is CCOC1CCN(CCC(C)N)CC1. The van der Waals surface area contributed by atoms with E-state index in [1.54, 1.807) is 0 Å². The van der Waals surface area contributed by atoms with Crippen LogP contribution in [-0.2, 0) is 4.74 Å². The fraction of sp³-hybridized carbons (Fsp3) is 1.00. The molecule has 0 radical (unpaired) electrons. The summed E-state index contributed by atoms with van der Waals surface area (Å²) in [6.07, 6.45) is 3.99. The zero-order valence-corrected chi connectivity index (χ0v) is 9.54. The van der Waals surface area contributed by atoms with Gasteiger partial charge in [-0.3, -0.25) is 0 Å². The maximum atomic E-state index is 5.73. The van der Waals surface area contributed by atoms with Gasteiger partial charge in [0.2, 0.25) is 0 Å². The van der Waals surface area contributed by atoms with E-state index < -0.39 is 0 Å². The average molecular weight is 200 g/mol. The van der Waals surface area contributed by atoms with Crippen molar-refractivity contribution in [3.8, 4) is 0 Å². The van der Waals surface area contributed by atoms with Crippen LogP contribution in [0.3, 0.4) is 0 Å². The Bertz CT molecular complexity index is 142. The first-order valence-corrected chi connectivity index (χ1v) is 5.82. The molecule has 0 aromatic carbocycles. The third-order valence-corrected chi connectivity index (χ3v) is 2.84. The Morgan fingerprint density at radius 2 is 2.07 bits per heavy atom. The maximum absolute atomic E-state index is 5.73. The molecule has 3 nitrogen and oxygen atoms in total. The summed E-state index contributed by atoms with van der Waals surface area (Å²) in [7, 11) is 0. The molecule has 1 rings (SSSR count). The van der Waals surface area contributed by atoms with E-state index >= 15 is 0 Å². The Morgan fingerprint density at radius 1 is 1.43 bits per heavy atom. The van der Waals surface area contributed by atoms with Crippen molar-refractivity contribution in [2.75, 3.05) is 26.2 Å². The van der Waals surface area contributed by atoms with E-state index in [-0.39, 0.29) is 0 Å². The molecule has 1 heterocycles. The first-order chi connectivity index (χ1) is 6.72. The minimum atomic E-state index is 0.333. The second-order valence-corrected chi connectivity index (χ2v) is 4.26. The van der Waals surface area contributed by atoms with Crippen molar-refractivity contribution < 1.29 is 4.74 Å². The van der Waals surface area contributed by atoms with Crippen LogP contribution in [0, 0.1) is 0 Å². The highest BCUT2D eigenvalue weighted by Crippen LogP contribution is 2.13. The topological polar surface area (TPSA) is 38.5 Å². The van der Waals surface area contributed by atoms with Gasteiger partial charge in [0.1, 0.15) is 0 Å². The Kier molecular flexibility index (Phi) is 5.45. The van der Waals surface area contributed by atoms with Crippen molar-refractivity contribution >= 4 is 0 Å². The molecule has 0 aromatic heterocycles. The molecule has 14 heavy (non-hydrogen) atoms. The van der Waals surface area contributed by atoms with E-state index in [2.05, 4.69) is 18.7 Å². The van der Waals surface area contributed by atoms with Gasteiger partial charge in [0.25, 0.3) is 0 Å². The quantitative estimate of drug-likeness (QED) is 0.725. The largest absolute Gasteiger partial charge is 0.378 e.